The summed E-state index contributed by atoms with van der Waals surface area (Å²) in [5.74, 6) is 0.994. The van der Waals surface area contributed by atoms with Crippen LogP contribution in [-0.2, 0) is 11.2 Å². The Kier molecular flexibility index (Phi) is 3.78. The second kappa shape index (κ2) is 5.72. The minimum absolute atomic E-state index is 0.0702. The normalized spacial score (nSPS) is 17.4. The van der Waals surface area contributed by atoms with E-state index in [-0.39, 0.29) is 11.7 Å². The predicted octanol–water partition coefficient (Wildman–Crippen LogP) is 3.14. The number of ketones is 1. The second-order valence-corrected chi connectivity index (χ2v) is 5.75. The van der Waals surface area contributed by atoms with Crippen LogP contribution in [0.3, 0.4) is 0 Å². The van der Waals surface area contributed by atoms with E-state index in [2.05, 4.69) is 18.9 Å². The van der Waals surface area contributed by atoms with Gasteiger partial charge in [0.15, 0.2) is 0 Å². The minimum atomic E-state index is -0.0702. The summed E-state index contributed by atoms with van der Waals surface area (Å²) in [7, 11) is 0. The van der Waals surface area contributed by atoms with Crippen LogP contribution in [0.15, 0.2) is 36.5 Å². The van der Waals surface area contributed by atoms with E-state index >= 15 is 0 Å². The molecule has 0 bridgehead atoms. The molecule has 2 heterocycles. The lowest BCUT2D eigenvalue weighted by Gasteiger charge is -2.24. The number of carbonyl (C=O) groups excluding carboxylic acids is 1. The average Bonchev–Trinajstić information content (AvgIpc) is 2.95. The molecular formula is C17H20N2O2. The Balaban J connectivity index is 1.77. The molecule has 110 valence electrons. The lowest BCUT2D eigenvalue weighted by molar-refractivity contribution is -0.120. The quantitative estimate of drug-likeness (QED) is 0.866. The van der Waals surface area contributed by atoms with Crippen LogP contribution in [0.5, 0.6) is 5.75 Å². The number of fused-ring (bicyclic) bond motifs is 1. The number of Topliss-reactive ketones (excluding diaryl/α,β-unsaturated/α-hetero) is 1. The Hall–Kier alpha value is -2.10. The monoisotopic (exact) mass is 284 g/mol. The molecule has 0 saturated heterocycles. The van der Waals surface area contributed by atoms with Crippen LogP contribution in [0.1, 0.15) is 43.5 Å². The van der Waals surface area contributed by atoms with Gasteiger partial charge in [-0.2, -0.15) is 5.10 Å². The van der Waals surface area contributed by atoms with Crippen LogP contribution >= 0.6 is 0 Å². The fourth-order valence-electron chi connectivity index (χ4n) is 2.74. The first-order valence-electron chi connectivity index (χ1n) is 7.43. The van der Waals surface area contributed by atoms with E-state index in [1.165, 1.54) is 0 Å². The van der Waals surface area contributed by atoms with Crippen LogP contribution in [0.4, 0.5) is 0 Å². The number of hydrogen-bond acceptors (Lipinski definition) is 3. The Bertz CT molecular complexity index is 646. The first kappa shape index (κ1) is 13.9. The third-order valence-electron chi connectivity index (χ3n) is 3.90. The summed E-state index contributed by atoms with van der Waals surface area (Å²) in [6.07, 6.45) is 3.07. The molecule has 4 nitrogen and oxygen atoms in total. The standard InChI is InChI=1S/C17H20N2O2/c1-12(2)19-9-7-13(18-19)11-16(20)14-8-10-21-17-6-4-3-5-15(14)17/h3-7,9,12,14H,8,10-11H2,1-2H3. The molecule has 1 aromatic carbocycles. The molecule has 0 N–H and O–H groups in total. The van der Waals surface area contributed by atoms with E-state index in [0.717, 1.165) is 23.4 Å². The molecule has 0 amide bonds. The molecule has 1 aliphatic rings. The van der Waals surface area contributed by atoms with Gasteiger partial charge in [-0.05, 0) is 32.4 Å². The highest BCUT2D eigenvalue weighted by Crippen LogP contribution is 2.34. The summed E-state index contributed by atoms with van der Waals surface area (Å²) in [4.78, 5) is 12.6. The topological polar surface area (TPSA) is 44.1 Å². The molecule has 1 aromatic heterocycles. The largest absolute Gasteiger partial charge is 0.493 e. The van der Waals surface area contributed by atoms with Gasteiger partial charge >= 0.3 is 0 Å². The highest BCUT2D eigenvalue weighted by atomic mass is 16.5. The van der Waals surface area contributed by atoms with Gasteiger partial charge in [-0.1, -0.05) is 18.2 Å². The zero-order chi connectivity index (χ0) is 14.8. The highest BCUT2D eigenvalue weighted by molar-refractivity contribution is 5.88. The summed E-state index contributed by atoms with van der Waals surface area (Å²) in [5.41, 5.74) is 1.86. The maximum atomic E-state index is 12.6. The Labute approximate surface area is 124 Å². The van der Waals surface area contributed by atoms with E-state index in [0.29, 0.717) is 19.1 Å². The highest BCUT2D eigenvalue weighted by Gasteiger charge is 2.27. The van der Waals surface area contributed by atoms with E-state index in [4.69, 9.17) is 4.74 Å². The van der Waals surface area contributed by atoms with Crippen molar-refractivity contribution >= 4 is 5.78 Å². The smallest absolute Gasteiger partial charge is 0.146 e. The number of ether oxygens (including phenoxy) is 1. The zero-order valence-corrected chi connectivity index (χ0v) is 12.5. The van der Waals surface area contributed by atoms with Gasteiger partial charge in [-0.15, -0.1) is 0 Å². The van der Waals surface area contributed by atoms with Gasteiger partial charge in [-0.3, -0.25) is 9.48 Å². The summed E-state index contributed by atoms with van der Waals surface area (Å²) in [5, 5.41) is 4.47. The van der Waals surface area contributed by atoms with Crippen LogP contribution in [0.25, 0.3) is 0 Å². The molecule has 0 spiro atoms. The Morgan fingerprint density at radius 3 is 2.95 bits per heavy atom. The third-order valence-corrected chi connectivity index (χ3v) is 3.90. The lowest BCUT2D eigenvalue weighted by atomic mass is 9.87. The minimum Gasteiger partial charge on any atom is -0.493 e. The number of aromatic nitrogens is 2. The van der Waals surface area contributed by atoms with Crippen molar-refractivity contribution < 1.29 is 9.53 Å². The molecule has 21 heavy (non-hydrogen) atoms. The fraction of sp³-hybridized carbons (Fsp3) is 0.412. The number of para-hydroxylation sites is 1. The van der Waals surface area contributed by atoms with Gasteiger partial charge in [0.1, 0.15) is 11.5 Å². The molecule has 0 aliphatic carbocycles. The molecule has 4 heteroatoms. The van der Waals surface area contributed by atoms with E-state index in [9.17, 15) is 4.79 Å². The first-order valence-corrected chi connectivity index (χ1v) is 7.43. The SMILES string of the molecule is CC(C)n1ccc(CC(=O)C2CCOc3ccccc32)n1. The molecule has 1 unspecified atom stereocenters. The average molecular weight is 284 g/mol. The number of benzene rings is 1. The van der Waals surface area contributed by atoms with Crippen LogP contribution < -0.4 is 4.74 Å². The van der Waals surface area contributed by atoms with Crippen molar-refractivity contribution in [3.05, 3.63) is 47.8 Å². The van der Waals surface area contributed by atoms with Crippen molar-refractivity contribution in [2.75, 3.05) is 6.61 Å². The first-order chi connectivity index (χ1) is 10.1. The molecule has 1 atom stereocenters. The molecule has 3 rings (SSSR count). The number of carbonyl (C=O) groups is 1. The zero-order valence-electron chi connectivity index (χ0n) is 12.5. The van der Waals surface area contributed by atoms with Crippen LogP contribution in [0.2, 0.25) is 0 Å². The van der Waals surface area contributed by atoms with Crippen LogP contribution in [-0.4, -0.2) is 22.2 Å². The number of hydrogen-bond donors (Lipinski definition) is 0. The van der Waals surface area contributed by atoms with Crippen molar-refractivity contribution in [3.8, 4) is 5.75 Å². The molecule has 0 radical (unpaired) electrons. The fourth-order valence-corrected chi connectivity index (χ4v) is 2.74. The van der Waals surface area contributed by atoms with E-state index in [1.807, 2.05) is 41.2 Å². The van der Waals surface area contributed by atoms with Gasteiger partial charge < -0.3 is 4.74 Å². The Morgan fingerprint density at radius 1 is 1.38 bits per heavy atom. The number of rotatable bonds is 4. The summed E-state index contributed by atoms with van der Waals surface area (Å²) >= 11 is 0. The van der Waals surface area contributed by atoms with Crippen LogP contribution in [0, 0.1) is 0 Å². The van der Waals surface area contributed by atoms with E-state index in [1.54, 1.807) is 0 Å². The summed E-state index contributed by atoms with van der Waals surface area (Å²) in [6, 6.07) is 10.1. The maximum absolute atomic E-state index is 12.6. The van der Waals surface area contributed by atoms with E-state index < -0.39 is 0 Å². The van der Waals surface area contributed by atoms with Gasteiger partial charge in [0.2, 0.25) is 0 Å². The Morgan fingerprint density at radius 2 is 2.19 bits per heavy atom. The number of nitrogens with zero attached hydrogens (tertiary/aromatic N) is 2. The van der Waals surface area contributed by atoms with Gasteiger partial charge in [0.25, 0.3) is 0 Å². The maximum Gasteiger partial charge on any atom is 0.146 e. The lowest BCUT2D eigenvalue weighted by Crippen LogP contribution is -2.22. The molecule has 0 saturated carbocycles. The van der Waals surface area contributed by atoms with Gasteiger partial charge in [-0.25, -0.2) is 0 Å². The van der Waals surface area contributed by atoms with Crippen molar-refractivity contribution in [1.29, 1.82) is 0 Å². The van der Waals surface area contributed by atoms with Crippen molar-refractivity contribution in [1.82, 2.24) is 9.78 Å². The second-order valence-electron chi connectivity index (χ2n) is 5.75. The molecular weight excluding hydrogens is 264 g/mol. The molecule has 0 fully saturated rings. The summed E-state index contributed by atoms with van der Waals surface area (Å²) in [6.45, 7) is 4.76. The van der Waals surface area contributed by atoms with Gasteiger partial charge in [0.05, 0.1) is 18.7 Å². The van der Waals surface area contributed by atoms with Crippen molar-refractivity contribution in [2.45, 2.75) is 38.6 Å². The molecule has 2 aromatic rings. The van der Waals surface area contributed by atoms with Crippen molar-refractivity contribution in [2.24, 2.45) is 0 Å². The van der Waals surface area contributed by atoms with Gasteiger partial charge in [0, 0.05) is 23.7 Å². The molecule has 1 aliphatic heterocycles. The summed E-state index contributed by atoms with van der Waals surface area (Å²) < 4.78 is 7.51. The van der Waals surface area contributed by atoms with Crippen molar-refractivity contribution in [3.63, 3.8) is 0 Å². The predicted molar refractivity (Wildman–Crippen MR) is 80.6 cm³/mol. The third kappa shape index (κ3) is 2.84.